The van der Waals surface area contributed by atoms with Gasteiger partial charge in [-0.25, -0.2) is 8.42 Å². The third-order valence-electron chi connectivity index (χ3n) is 4.19. The fourth-order valence-electron chi connectivity index (χ4n) is 2.61. The molecular weight excluding hydrogens is 431 g/mol. The van der Waals surface area contributed by atoms with Crippen molar-refractivity contribution < 1.29 is 42.5 Å². The molecule has 0 aliphatic heterocycles. The van der Waals surface area contributed by atoms with E-state index in [2.05, 4.69) is 21.1 Å². The average molecular weight is 448 g/mol. The van der Waals surface area contributed by atoms with Crippen molar-refractivity contribution in [3.63, 3.8) is 0 Å². The fraction of sp³-hybridized carbons (Fsp3) is 0.100. The number of rotatable bonds is 5. The normalized spacial score (nSPS) is 12.4. The Hall–Kier alpha value is -2.63. The molecule has 3 aromatic carbocycles. The molecule has 31 heavy (non-hydrogen) atoms. The van der Waals surface area contributed by atoms with Gasteiger partial charge in [-0.1, -0.05) is 17.7 Å². The molecule has 0 heterocycles. The van der Waals surface area contributed by atoms with Gasteiger partial charge in [-0.2, -0.15) is 10.2 Å². The van der Waals surface area contributed by atoms with Gasteiger partial charge in [-0.15, -0.1) is 0 Å². The first-order chi connectivity index (χ1) is 14.1. The van der Waals surface area contributed by atoms with Gasteiger partial charge in [0.1, 0.15) is 15.5 Å². The summed E-state index contributed by atoms with van der Waals surface area (Å²) in [6, 6.07) is 12.9. The van der Waals surface area contributed by atoms with Gasteiger partial charge >= 0.3 is 29.6 Å². The van der Waals surface area contributed by atoms with Crippen molar-refractivity contribution in [1.29, 1.82) is 0 Å². The van der Waals surface area contributed by atoms with Crippen molar-refractivity contribution in [3.05, 3.63) is 96.9 Å². The fourth-order valence-corrected chi connectivity index (χ4v) is 3.08. The minimum Gasteiger partial charge on any atom is -0.744 e. The maximum absolute atomic E-state index is 12.6. The van der Waals surface area contributed by atoms with Crippen molar-refractivity contribution in [2.45, 2.75) is 18.7 Å². The van der Waals surface area contributed by atoms with Crippen LogP contribution in [0.2, 0.25) is 0 Å². The van der Waals surface area contributed by atoms with E-state index in [1.807, 2.05) is 26.0 Å². The summed E-state index contributed by atoms with van der Waals surface area (Å²) in [5.74, 6) is 0. The zero-order valence-corrected chi connectivity index (χ0v) is 19.9. The largest absolute Gasteiger partial charge is 1.00 e. The summed E-state index contributed by atoms with van der Waals surface area (Å²) in [5.41, 5.74) is 7.07. The van der Waals surface area contributed by atoms with E-state index in [1.165, 1.54) is 24.3 Å². The van der Waals surface area contributed by atoms with Crippen LogP contribution in [0.4, 0.5) is 11.4 Å². The van der Waals surface area contributed by atoms with Gasteiger partial charge in [0.2, 0.25) is 10.9 Å². The van der Waals surface area contributed by atoms with Crippen LogP contribution in [0.5, 0.6) is 0 Å². The first-order valence-electron chi connectivity index (χ1n) is 8.73. The Kier molecular flexibility index (Phi) is 8.04. The van der Waals surface area contributed by atoms with E-state index >= 15 is 0 Å². The van der Waals surface area contributed by atoms with Gasteiger partial charge in [0, 0.05) is 0 Å². The van der Waals surface area contributed by atoms with Gasteiger partial charge < -0.3 is 4.55 Å². The Labute approximate surface area is 199 Å². The molecule has 0 amide bonds. The average Bonchev–Trinajstić information content (AvgIpc) is 2.68. The molecule has 3 aromatic rings. The summed E-state index contributed by atoms with van der Waals surface area (Å²) in [5, 5.41) is 7.52. The van der Waals surface area contributed by atoms with Crippen LogP contribution >= 0.6 is 0 Å². The molecule has 0 atom stereocenters. The van der Waals surface area contributed by atoms with Crippen molar-refractivity contribution in [3.8, 4) is 0 Å². The molecule has 0 saturated heterocycles. The number of hydrogen-bond acceptors (Lipinski definition) is 9. The van der Waals surface area contributed by atoms with E-state index < -0.39 is 21.0 Å². The van der Waals surface area contributed by atoms with E-state index in [0.29, 0.717) is 11.4 Å². The van der Waals surface area contributed by atoms with Gasteiger partial charge in [0.05, 0.1) is 16.3 Å². The minimum atomic E-state index is -4.55. The van der Waals surface area contributed by atoms with Gasteiger partial charge in [0.25, 0.3) is 0 Å². The van der Waals surface area contributed by atoms with E-state index in [4.69, 9.17) is 0 Å². The molecule has 0 bridgehead atoms. The van der Waals surface area contributed by atoms with E-state index in [-0.39, 0.29) is 45.2 Å². The second-order valence-electron chi connectivity index (χ2n) is 6.50. The van der Waals surface area contributed by atoms with Crippen LogP contribution in [0, 0.1) is 13.8 Å². The Morgan fingerprint density at radius 3 is 2.16 bits per heavy atom. The summed E-state index contributed by atoms with van der Waals surface area (Å²) < 4.78 is 32.9. The second kappa shape index (κ2) is 10.1. The van der Waals surface area contributed by atoms with E-state index in [0.717, 1.165) is 23.3 Å². The predicted molar refractivity (Wildman–Crippen MR) is 110 cm³/mol. The Bertz CT molecular complexity index is 1430. The molecule has 0 unspecified atom stereocenters. The molecule has 11 heteroatoms. The Balaban J connectivity index is 0.00000341. The Morgan fingerprint density at radius 2 is 1.55 bits per heavy atom. The molecule has 0 aliphatic carbocycles. The zero-order valence-electron chi connectivity index (χ0n) is 17.0. The summed E-state index contributed by atoms with van der Waals surface area (Å²) >= 11 is 0. The van der Waals surface area contributed by atoms with E-state index in [9.17, 15) is 22.6 Å². The molecule has 2 N–H and O–H groups in total. The molecule has 0 saturated carbocycles. The van der Waals surface area contributed by atoms with Crippen molar-refractivity contribution in [2.75, 3.05) is 10.9 Å². The van der Waals surface area contributed by atoms with Crippen LogP contribution < -0.4 is 62.0 Å². The first kappa shape index (κ1) is 24.6. The van der Waals surface area contributed by atoms with E-state index in [1.54, 1.807) is 6.07 Å². The van der Waals surface area contributed by atoms with Crippen LogP contribution in [0.1, 0.15) is 11.1 Å². The van der Waals surface area contributed by atoms with Gasteiger partial charge in [-0.3, -0.25) is 20.4 Å². The van der Waals surface area contributed by atoms with Crippen LogP contribution in [0.15, 0.2) is 79.3 Å². The second-order valence-corrected chi connectivity index (χ2v) is 7.88. The summed E-state index contributed by atoms with van der Waals surface area (Å²) in [6.45, 7) is 3.82. The molecule has 0 radical (unpaired) electrons. The maximum atomic E-state index is 12.6. The molecule has 9 nitrogen and oxygen atoms in total. The number of nitrogens with one attached hydrogen (secondary N) is 2. The molecule has 0 fully saturated rings. The monoisotopic (exact) mass is 448 g/mol. The molecular formula is C20H17N4NaO5S. The molecule has 0 spiro atoms. The first-order valence-corrected chi connectivity index (χ1v) is 10.1. The number of aryl methyl sites for hydroxylation is 2. The van der Waals surface area contributed by atoms with Crippen molar-refractivity contribution >= 4 is 21.5 Å². The van der Waals surface area contributed by atoms with Crippen LogP contribution in [0.25, 0.3) is 0 Å². The van der Waals surface area contributed by atoms with Crippen LogP contribution in [-0.4, -0.2) is 13.0 Å². The Morgan fingerprint density at radius 1 is 0.871 bits per heavy atom. The van der Waals surface area contributed by atoms with Gasteiger partial charge in [0.15, 0.2) is 5.36 Å². The number of benzene rings is 3. The molecule has 0 aromatic heterocycles. The number of hydrogen-bond donors (Lipinski definition) is 2. The quantitative estimate of drug-likeness (QED) is 0.253. The topological polar surface area (TPSA) is 140 Å². The summed E-state index contributed by atoms with van der Waals surface area (Å²) in [6.07, 6.45) is 0. The smallest absolute Gasteiger partial charge is 0.744 e. The summed E-state index contributed by atoms with van der Waals surface area (Å²) in [4.78, 5) is 24.3. The number of anilines is 2. The number of nitrogens with zero attached hydrogens (tertiary/aromatic N) is 2. The maximum Gasteiger partial charge on any atom is 1.00 e. The molecule has 154 valence electrons. The predicted octanol–water partition coefficient (Wildman–Crippen LogP) is -2.34. The summed E-state index contributed by atoms with van der Waals surface area (Å²) in [7, 11) is -4.55. The molecule has 0 aliphatic rings. The van der Waals surface area contributed by atoms with Crippen molar-refractivity contribution in [2.24, 2.45) is 10.2 Å². The third-order valence-corrected chi connectivity index (χ3v) is 5.04. The SMILES string of the molecule is Cc1ccc(NN=c2c(=O)ccc(=NNc3ccc(S(=O)(=O)[O-])cc3)c2=O)c(C)c1.[Na+]. The van der Waals surface area contributed by atoms with Crippen molar-refractivity contribution in [1.82, 2.24) is 0 Å². The minimum absolute atomic E-state index is 0. The third kappa shape index (κ3) is 6.18. The van der Waals surface area contributed by atoms with Crippen LogP contribution in [0.3, 0.4) is 0 Å². The molecule has 3 rings (SSSR count). The van der Waals surface area contributed by atoms with Crippen LogP contribution in [-0.2, 0) is 10.1 Å². The standard InChI is InChI=1S/C20H18N4O5S.Na/c1-12-3-8-16(13(2)11-12)22-24-19-18(25)10-9-17(20(19)26)23-21-14-4-6-15(7-5-14)30(27,28)29;/h3-11,21-22H,1-2H3,(H,27,28,29);/q;+1/p-1. The zero-order chi connectivity index (χ0) is 21.9. The van der Waals surface area contributed by atoms with Gasteiger partial charge in [-0.05, 0) is 61.9 Å².